The number of rotatable bonds is 4. The Balaban J connectivity index is 1.41. The normalized spacial score (nSPS) is 32.9. The number of nitrogens with zero attached hydrogens (tertiary/aromatic N) is 2. The van der Waals surface area contributed by atoms with Gasteiger partial charge in [0.1, 0.15) is 0 Å². The predicted molar refractivity (Wildman–Crippen MR) is 60.3 cm³/mol. The van der Waals surface area contributed by atoms with Gasteiger partial charge in [0.25, 0.3) is 0 Å². The number of carboxylic acid groups (broad SMARTS) is 1. The lowest BCUT2D eigenvalue weighted by Crippen LogP contribution is -2.53. The Morgan fingerprint density at radius 1 is 1.06 bits per heavy atom. The average molecular weight is 224 g/mol. The van der Waals surface area contributed by atoms with E-state index in [0.29, 0.717) is 18.4 Å². The quantitative estimate of drug-likeness (QED) is 0.760. The lowest BCUT2D eigenvalue weighted by atomic mass is 9.94. The SMILES string of the molecule is O=C(O)CC1CN(C2CCN(C3CC3)C2)C1. The van der Waals surface area contributed by atoms with Gasteiger partial charge >= 0.3 is 5.97 Å². The van der Waals surface area contributed by atoms with Crippen molar-refractivity contribution in [2.24, 2.45) is 5.92 Å². The van der Waals surface area contributed by atoms with E-state index in [1.54, 1.807) is 0 Å². The molecule has 1 aliphatic carbocycles. The van der Waals surface area contributed by atoms with E-state index in [2.05, 4.69) is 9.80 Å². The molecule has 4 nitrogen and oxygen atoms in total. The monoisotopic (exact) mass is 224 g/mol. The molecule has 2 saturated heterocycles. The molecule has 0 spiro atoms. The molecule has 16 heavy (non-hydrogen) atoms. The predicted octanol–water partition coefficient (Wildman–Crippen LogP) is 0.630. The molecule has 3 fully saturated rings. The van der Waals surface area contributed by atoms with Crippen molar-refractivity contribution in [3.8, 4) is 0 Å². The van der Waals surface area contributed by atoms with E-state index in [1.165, 1.54) is 32.4 Å². The summed E-state index contributed by atoms with van der Waals surface area (Å²) in [5.74, 6) is -0.233. The molecule has 3 rings (SSSR count). The zero-order valence-corrected chi connectivity index (χ0v) is 9.64. The van der Waals surface area contributed by atoms with E-state index in [4.69, 9.17) is 5.11 Å². The zero-order valence-electron chi connectivity index (χ0n) is 9.64. The van der Waals surface area contributed by atoms with Crippen LogP contribution < -0.4 is 0 Å². The van der Waals surface area contributed by atoms with Crippen molar-refractivity contribution in [1.29, 1.82) is 0 Å². The minimum Gasteiger partial charge on any atom is -0.481 e. The highest BCUT2D eigenvalue weighted by Crippen LogP contribution is 2.33. The average Bonchev–Trinajstić information content (AvgIpc) is 2.91. The molecule has 1 unspecified atom stereocenters. The Bertz CT molecular complexity index is 285. The van der Waals surface area contributed by atoms with Crippen molar-refractivity contribution in [3.05, 3.63) is 0 Å². The largest absolute Gasteiger partial charge is 0.481 e. The van der Waals surface area contributed by atoms with E-state index in [0.717, 1.165) is 19.1 Å². The van der Waals surface area contributed by atoms with Gasteiger partial charge in [-0.3, -0.25) is 14.6 Å². The van der Waals surface area contributed by atoms with Gasteiger partial charge in [-0.1, -0.05) is 0 Å². The van der Waals surface area contributed by atoms with Gasteiger partial charge in [-0.2, -0.15) is 0 Å². The van der Waals surface area contributed by atoms with Crippen molar-refractivity contribution in [2.75, 3.05) is 26.2 Å². The number of likely N-dealkylation sites (tertiary alicyclic amines) is 2. The molecule has 2 aliphatic heterocycles. The summed E-state index contributed by atoms with van der Waals surface area (Å²) in [6, 6.07) is 1.60. The van der Waals surface area contributed by atoms with Gasteiger partial charge in [0, 0.05) is 38.3 Å². The second kappa shape index (κ2) is 4.00. The van der Waals surface area contributed by atoms with Crippen LogP contribution in [0.2, 0.25) is 0 Å². The summed E-state index contributed by atoms with van der Waals surface area (Å²) in [4.78, 5) is 15.7. The maximum absolute atomic E-state index is 10.6. The first-order valence-electron chi connectivity index (χ1n) is 6.42. The standard InChI is InChI=1S/C12H20N2O2/c15-12(16)5-9-6-14(7-9)11-3-4-13(8-11)10-1-2-10/h9-11H,1-8H2,(H,15,16). The summed E-state index contributed by atoms with van der Waals surface area (Å²) in [6.07, 6.45) is 4.44. The van der Waals surface area contributed by atoms with Crippen LogP contribution in [0.1, 0.15) is 25.7 Å². The third kappa shape index (κ3) is 2.09. The highest BCUT2D eigenvalue weighted by atomic mass is 16.4. The number of aliphatic carboxylic acids is 1. The van der Waals surface area contributed by atoms with Gasteiger partial charge in [-0.05, 0) is 25.2 Å². The van der Waals surface area contributed by atoms with Gasteiger partial charge in [0.15, 0.2) is 0 Å². The first kappa shape index (κ1) is 10.5. The van der Waals surface area contributed by atoms with E-state index in [1.807, 2.05) is 0 Å². The van der Waals surface area contributed by atoms with Crippen molar-refractivity contribution >= 4 is 5.97 Å². The lowest BCUT2D eigenvalue weighted by Gasteiger charge is -2.42. The zero-order chi connectivity index (χ0) is 11.1. The fraction of sp³-hybridized carbons (Fsp3) is 0.917. The van der Waals surface area contributed by atoms with Crippen LogP contribution in [-0.2, 0) is 4.79 Å². The fourth-order valence-corrected chi connectivity index (χ4v) is 3.12. The Morgan fingerprint density at radius 2 is 1.81 bits per heavy atom. The van der Waals surface area contributed by atoms with Crippen LogP contribution in [0.3, 0.4) is 0 Å². The number of carbonyl (C=O) groups is 1. The van der Waals surface area contributed by atoms with E-state index in [-0.39, 0.29) is 0 Å². The molecule has 0 bridgehead atoms. The van der Waals surface area contributed by atoms with Crippen LogP contribution in [0.15, 0.2) is 0 Å². The molecule has 0 amide bonds. The van der Waals surface area contributed by atoms with Crippen LogP contribution in [0.5, 0.6) is 0 Å². The molecule has 0 radical (unpaired) electrons. The summed E-state index contributed by atoms with van der Waals surface area (Å²) < 4.78 is 0. The minimum atomic E-state index is -0.643. The summed E-state index contributed by atoms with van der Waals surface area (Å²) >= 11 is 0. The van der Waals surface area contributed by atoms with Crippen molar-refractivity contribution in [2.45, 2.75) is 37.8 Å². The van der Waals surface area contributed by atoms with Crippen LogP contribution >= 0.6 is 0 Å². The molecule has 1 saturated carbocycles. The fourth-order valence-electron chi connectivity index (χ4n) is 3.12. The molecule has 1 N–H and O–H groups in total. The number of carboxylic acids is 1. The van der Waals surface area contributed by atoms with Gasteiger partial charge in [0.2, 0.25) is 0 Å². The maximum atomic E-state index is 10.6. The molecule has 0 aromatic carbocycles. The second-order valence-electron chi connectivity index (χ2n) is 5.59. The topological polar surface area (TPSA) is 43.8 Å². The highest BCUT2D eigenvalue weighted by Gasteiger charge is 2.40. The summed E-state index contributed by atoms with van der Waals surface area (Å²) in [6.45, 7) is 4.50. The van der Waals surface area contributed by atoms with Crippen LogP contribution in [0, 0.1) is 5.92 Å². The van der Waals surface area contributed by atoms with Crippen LogP contribution in [0.25, 0.3) is 0 Å². The maximum Gasteiger partial charge on any atom is 0.303 e. The van der Waals surface area contributed by atoms with Crippen molar-refractivity contribution in [3.63, 3.8) is 0 Å². The first-order chi connectivity index (χ1) is 7.72. The summed E-state index contributed by atoms with van der Waals surface area (Å²) in [5.41, 5.74) is 0. The second-order valence-corrected chi connectivity index (χ2v) is 5.59. The van der Waals surface area contributed by atoms with E-state index < -0.39 is 5.97 Å². The molecule has 4 heteroatoms. The summed E-state index contributed by atoms with van der Waals surface area (Å²) in [7, 11) is 0. The van der Waals surface area contributed by atoms with Gasteiger partial charge in [-0.25, -0.2) is 0 Å². The molecule has 0 aromatic rings. The molecule has 3 aliphatic rings. The Kier molecular flexibility index (Phi) is 2.64. The van der Waals surface area contributed by atoms with Crippen molar-refractivity contribution in [1.82, 2.24) is 9.80 Å². The van der Waals surface area contributed by atoms with E-state index in [9.17, 15) is 4.79 Å². The lowest BCUT2D eigenvalue weighted by molar-refractivity contribution is -0.139. The molecular formula is C12H20N2O2. The third-order valence-corrected chi connectivity index (χ3v) is 4.22. The molecule has 1 atom stereocenters. The molecule has 2 heterocycles. The minimum absolute atomic E-state index is 0.357. The highest BCUT2D eigenvalue weighted by molar-refractivity contribution is 5.67. The summed E-state index contributed by atoms with van der Waals surface area (Å²) in [5, 5.41) is 8.70. The van der Waals surface area contributed by atoms with Crippen molar-refractivity contribution < 1.29 is 9.90 Å². The Morgan fingerprint density at radius 3 is 2.44 bits per heavy atom. The molecular weight excluding hydrogens is 204 g/mol. The molecule has 0 aromatic heterocycles. The van der Waals surface area contributed by atoms with Gasteiger partial charge < -0.3 is 5.11 Å². The van der Waals surface area contributed by atoms with Gasteiger partial charge in [-0.15, -0.1) is 0 Å². The van der Waals surface area contributed by atoms with Gasteiger partial charge in [0.05, 0.1) is 6.42 Å². The number of hydrogen-bond acceptors (Lipinski definition) is 3. The Hall–Kier alpha value is -0.610. The number of hydrogen-bond donors (Lipinski definition) is 1. The first-order valence-corrected chi connectivity index (χ1v) is 6.42. The van der Waals surface area contributed by atoms with Crippen LogP contribution in [-0.4, -0.2) is 59.1 Å². The Labute approximate surface area is 96.2 Å². The van der Waals surface area contributed by atoms with Crippen LogP contribution in [0.4, 0.5) is 0 Å². The molecule has 90 valence electrons. The smallest absolute Gasteiger partial charge is 0.303 e. The van der Waals surface area contributed by atoms with E-state index >= 15 is 0 Å². The third-order valence-electron chi connectivity index (χ3n) is 4.22.